The van der Waals surface area contributed by atoms with Crippen LogP contribution < -0.4 is 10.1 Å². The Labute approximate surface area is 119 Å². The number of hydrogen-bond donors (Lipinski definition) is 1. The first kappa shape index (κ1) is 14.6. The number of rotatable bonds is 6. The Morgan fingerprint density at radius 2 is 1.90 bits per heavy atom. The molecule has 0 radical (unpaired) electrons. The van der Waals surface area contributed by atoms with Crippen LogP contribution in [0.1, 0.15) is 42.5 Å². The van der Waals surface area contributed by atoms with Gasteiger partial charge in [-0.05, 0) is 43.0 Å². The molecule has 1 aliphatic rings. The second-order valence-corrected chi connectivity index (χ2v) is 5.28. The molecule has 1 aromatic carbocycles. The van der Waals surface area contributed by atoms with Crippen LogP contribution >= 0.6 is 0 Å². The lowest BCUT2D eigenvalue weighted by Gasteiger charge is -2.21. The third-order valence-corrected chi connectivity index (χ3v) is 3.70. The molecule has 0 spiro atoms. The molecule has 0 unspecified atom stereocenters. The van der Waals surface area contributed by atoms with Crippen molar-refractivity contribution in [1.82, 2.24) is 5.32 Å². The molecule has 1 saturated carbocycles. The van der Waals surface area contributed by atoms with E-state index in [4.69, 9.17) is 4.74 Å². The summed E-state index contributed by atoms with van der Waals surface area (Å²) in [6.45, 7) is 0.777. The first-order valence-electron chi connectivity index (χ1n) is 7.22. The van der Waals surface area contributed by atoms with Crippen molar-refractivity contribution in [3.8, 4) is 5.75 Å². The van der Waals surface area contributed by atoms with E-state index in [9.17, 15) is 9.59 Å². The highest BCUT2D eigenvalue weighted by Crippen LogP contribution is 2.22. The minimum Gasteiger partial charge on any atom is -0.484 e. The van der Waals surface area contributed by atoms with Gasteiger partial charge in [-0.3, -0.25) is 9.59 Å². The minimum atomic E-state index is -0.0879. The summed E-state index contributed by atoms with van der Waals surface area (Å²) in [5.74, 6) is 1.14. The van der Waals surface area contributed by atoms with Gasteiger partial charge in [0, 0.05) is 12.1 Å². The molecule has 0 saturated heterocycles. The molecule has 1 N–H and O–H groups in total. The molecule has 0 atom stereocenters. The van der Waals surface area contributed by atoms with Gasteiger partial charge in [-0.2, -0.15) is 0 Å². The lowest BCUT2D eigenvalue weighted by Crippen LogP contribution is -2.33. The summed E-state index contributed by atoms with van der Waals surface area (Å²) in [5.41, 5.74) is 0.596. The standard InChI is InChI=1S/C16H21NO3/c18-11-14-6-8-15(9-7-14)20-12-16(19)17-10-13-4-2-1-3-5-13/h6-9,11,13H,1-5,10,12H2,(H,17,19). The molecule has 108 valence electrons. The molecule has 4 nitrogen and oxygen atoms in total. The van der Waals surface area contributed by atoms with Gasteiger partial charge in [0.25, 0.3) is 5.91 Å². The summed E-state index contributed by atoms with van der Waals surface area (Å²) in [7, 11) is 0. The van der Waals surface area contributed by atoms with Gasteiger partial charge in [0.05, 0.1) is 0 Å². The van der Waals surface area contributed by atoms with Crippen LogP contribution in [-0.2, 0) is 4.79 Å². The molecule has 1 amide bonds. The largest absolute Gasteiger partial charge is 0.484 e. The van der Waals surface area contributed by atoms with E-state index in [1.807, 2.05) is 0 Å². The van der Waals surface area contributed by atoms with Gasteiger partial charge >= 0.3 is 0 Å². The van der Waals surface area contributed by atoms with Crippen LogP contribution in [-0.4, -0.2) is 25.3 Å². The second-order valence-electron chi connectivity index (χ2n) is 5.28. The lowest BCUT2D eigenvalue weighted by molar-refractivity contribution is -0.123. The fourth-order valence-electron chi connectivity index (χ4n) is 2.49. The molecule has 2 rings (SSSR count). The highest BCUT2D eigenvalue weighted by molar-refractivity contribution is 5.77. The van der Waals surface area contributed by atoms with Crippen molar-refractivity contribution in [2.24, 2.45) is 5.92 Å². The third kappa shape index (κ3) is 4.68. The fraction of sp³-hybridized carbons (Fsp3) is 0.500. The fourth-order valence-corrected chi connectivity index (χ4v) is 2.49. The van der Waals surface area contributed by atoms with Gasteiger partial charge in [-0.15, -0.1) is 0 Å². The number of benzene rings is 1. The predicted molar refractivity (Wildman–Crippen MR) is 76.9 cm³/mol. The number of aldehydes is 1. The molecule has 0 aromatic heterocycles. The van der Waals surface area contributed by atoms with Crippen molar-refractivity contribution >= 4 is 12.2 Å². The normalized spacial score (nSPS) is 15.6. The molecule has 4 heteroatoms. The van der Waals surface area contributed by atoms with Crippen LogP contribution in [0.15, 0.2) is 24.3 Å². The van der Waals surface area contributed by atoms with Gasteiger partial charge < -0.3 is 10.1 Å². The van der Waals surface area contributed by atoms with Gasteiger partial charge in [0.1, 0.15) is 12.0 Å². The van der Waals surface area contributed by atoms with Gasteiger partial charge in [-0.1, -0.05) is 19.3 Å². The van der Waals surface area contributed by atoms with Crippen LogP contribution in [0.25, 0.3) is 0 Å². The number of ether oxygens (including phenoxy) is 1. The zero-order valence-electron chi connectivity index (χ0n) is 11.6. The van der Waals surface area contributed by atoms with Crippen LogP contribution in [0.2, 0.25) is 0 Å². The molecule has 1 fully saturated rings. The summed E-state index contributed by atoms with van der Waals surface area (Å²) in [6, 6.07) is 6.72. The summed E-state index contributed by atoms with van der Waals surface area (Å²) >= 11 is 0. The van der Waals surface area contributed by atoms with E-state index in [1.54, 1.807) is 24.3 Å². The van der Waals surface area contributed by atoms with Crippen molar-refractivity contribution in [3.05, 3.63) is 29.8 Å². The predicted octanol–water partition coefficient (Wildman–Crippen LogP) is 2.57. The van der Waals surface area contributed by atoms with Crippen molar-refractivity contribution in [2.45, 2.75) is 32.1 Å². The summed E-state index contributed by atoms with van der Waals surface area (Å²) < 4.78 is 5.38. The Balaban J connectivity index is 1.67. The molecule has 1 aliphatic carbocycles. The average Bonchev–Trinajstić information content (AvgIpc) is 2.52. The van der Waals surface area contributed by atoms with E-state index < -0.39 is 0 Å². The summed E-state index contributed by atoms with van der Waals surface area (Å²) in [5, 5.41) is 2.93. The zero-order valence-corrected chi connectivity index (χ0v) is 11.6. The van der Waals surface area contributed by atoms with Crippen molar-refractivity contribution in [2.75, 3.05) is 13.2 Å². The first-order chi connectivity index (χ1) is 9.78. The minimum absolute atomic E-state index is 0.0210. The Morgan fingerprint density at radius 3 is 2.55 bits per heavy atom. The molecule has 0 aliphatic heterocycles. The third-order valence-electron chi connectivity index (χ3n) is 3.70. The average molecular weight is 275 g/mol. The SMILES string of the molecule is O=Cc1ccc(OCC(=O)NCC2CCCCC2)cc1. The molecule has 0 bridgehead atoms. The van der Waals surface area contributed by atoms with Gasteiger partial charge in [0.2, 0.25) is 0 Å². The van der Waals surface area contributed by atoms with E-state index in [0.717, 1.165) is 12.8 Å². The number of nitrogens with one attached hydrogen (secondary N) is 1. The highest BCUT2D eigenvalue weighted by atomic mass is 16.5. The highest BCUT2D eigenvalue weighted by Gasteiger charge is 2.14. The molecule has 20 heavy (non-hydrogen) atoms. The number of hydrogen-bond acceptors (Lipinski definition) is 3. The summed E-state index contributed by atoms with van der Waals surface area (Å²) in [4.78, 5) is 22.2. The molecule has 1 aromatic rings. The van der Waals surface area contributed by atoms with Crippen molar-refractivity contribution < 1.29 is 14.3 Å². The second kappa shape index (κ2) is 7.68. The Bertz CT molecular complexity index is 436. The zero-order chi connectivity index (χ0) is 14.2. The van der Waals surface area contributed by atoms with Crippen LogP contribution in [0.3, 0.4) is 0 Å². The van der Waals surface area contributed by atoms with Gasteiger partial charge in [-0.25, -0.2) is 0 Å². The number of carbonyl (C=O) groups excluding carboxylic acids is 2. The Hall–Kier alpha value is -1.84. The molecular formula is C16H21NO3. The van der Waals surface area contributed by atoms with Crippen LogP contribution in [0.5, 0.6) is 5.75 Å². The molecule has 0 heterocycles. The van der Waals surface area contributed by atoms with E-state index in [2.05, 4.69) is 5.32 Å². The number of carbonyl (C=O) groups is 2. The van der Waals surface area contributed by atoms with E-state index in [1.165, 1.54) is 32.1 Å². The van der Waals surface area contributed by atoms with Crippen LogP contribution in [0, 0.1) is 5.92 Å². The number of amides is 1. The smallest absolute Gasteiger partial charge is 0.257 e. The van der Waals surface area contributed by atoms with Crippen molar-refractivity contribution in [3.63, 3.8) is 0 Å². The van der Waals surface area contributed by atoms with Crippen LogP contribution in [0.4, 0.5) is 0 Å². The van der Waals surface area contributed by atoms with Crippen molar-refractivity contribution in [1.29, 1.82) is 0 Å². The van der Waals surface area contributed by atoms with E-state index in [-0.39, 0.29) is 12.5 Å². The summed E-state index contributed by atoms with van der Waals surface area (Å²) in [6.07, 6.45) is 7.09. The monoisotopic (exact) mass is 275 g/mol. The first-order valence-corrected chi connectivity index (χ1v) is 7.22. The van der Waals surface area contributed by atoms with E-state index in [0.29, 0.717) is 17.2 Å². The maximum absolute atomic E-state index is 11.7. The Kier molecular flexibility index (Phi) is 5.59. The lowest BCUT2D eigenvalue weighted by atomic mass is 9.89. The molecular weight excluding hydrogens is 254 g/mol. The Morgan fingerprint density at radius 1 is 1.20 bits per heavy atom. The van der Waals surface area contributed by atoms with E-state index >= 15 is 0 Å². The van der Waals surface area contributed by atoms with Gasteiger partial charge in [0.15, 0.2) is 6.61 Å². The maximum atomic E-state index is 11.7. The maximum Gasteiger partial charge on any atom is 0.257 e. The topological polar surface area (TPSA) is 55.4 Å². The quantitative estimate of drug-likeness (QED) is 0.812.